The SMILES string of the molecule is COc1ccccc1CCNC(=O)NC1(c2ccccc2)CCC1. The van der Waals surface area contributed by atoms with Gasteiger partial charge in [-0.25, -0.2) is 4.79 Å². The van der Waals surface area contributed by atoms with E-state index in [4.69, 9.17) is 4.74 Å². The predicted molar refractivity (Wildman–Crippen MR) is 95.2 cm³/mol. The maximum atomic E-state index is 12.3. The average Bonchev–Trinajstić information content (AvgIpc) is 2.59. The molecule has 0 heterocycles. The zero-order valence-electron chi connectivity index (χ0n) is 14.0. The molecule has 2 aromatic rings. The molecule has 4 nitrogen and oxygen atoms in total. The molecule has 1 fully saturated rings. The van der Waals surface area contributed by atoms with Crippen LogP contribution < -0.4 is 15.4 Å². The van der Waals surface area contributed by atoms with Crippen LogP contribution in [0.5, 0.6) is 5.75 Å². The van der Waals surface area contributed by atoms with Gasteiger partial charge in [0.15, 0.2) is 0 Å². The zero-order chi connectivity index (χ0) is 16.8. The lowest BCUT2D eigenvalue weighted by molar-refractivity contribution is 0.177. The van der Waals surface area contributed by atoms with Crippen molar-refractivity contribution in [3.63, 3.8) is 0 Å². The smallest absolute Gasteiger partial charge is 0.315 e. The van der Waals surface area contributed by atoms with Crippen molar-refractivity contribution in [3.05, 3.63) is 65.7 Å². The lowest BCUT2D eigenvalue weighted by Gasteiger charge is -2.43. The number of hydrogen-bond acceptors (Lipinski definition) is 2. The van der Waals surface area contributed by atoms with Gasteiger partial charge in [0.1, 0.15) is 5.75 Å². The average molecular weight is 324 g/mol. The molecule has 0 saturated heterocycles. The number of nitrogens with one attached hydrogen (secondary N) is 2. The van der Waals surface area contributed by atoms with Crippen LogP contribution in [0.25, 0.3) is 0 Å². The molecule has 4 heteroatoms. The lowest BCUT2D eigenvalue weighted by Crippen LogP contribution is -2.54. The van der Waals surface area contributed by atoms with E-state index in [9.17, 15) is 4.79 Å². The van der Waals surface area contributed by atoms with E-state index in [1.54, 1.807) is 7.11 Å². The molecular formula is C20H24N2O2. The lowest BCUT2D eigenvalue weighted by atomic mass is 9.72. The Bertz CT molecular complexity index is 681. The first-order valence-corrected chi connectivity index (χ1v) is 8.47. The number of ether oxygens (including phenoxy) is 1. The molecule has 1 aliphatic carbocycles. The summed E-state index contributed by atoms with van der Waals surface area (Å²) < 4.78 is 5.34. The minimum absolute atomic E-state index is 0.103. The van der Waals surface area contributed by atoms with E-state index in [0.29, 0.717) is 6.54 Å². The number of rotatable bonds is 6. The highest BCUT2D eigenvalue weighted by Gasteiger charge is 2.39. The molecule has 2 aromatic carbocycles. The maximum absolute atomic E-state index is 12.3. The minimum atomic E-state index is -0.199. The summed E-state index contributed by atoms with van der Waals surface area (Å²) in [6.45, 7) is 0.580. The molecule has 1 aliphatic rings. The first kappa shape index (κ1) is 16.4. The van der Waals surface area contributed by atoms with Gasteiger partial charge >= 0.3 is 6.03 Å². The van der Waals surface area contributed by atoms with Gasteiger partial charge in [-0.05, 0) is 42.9 Å². The first-order valence-electron chi connectivity index (χ1n) is 8.47. The Morgan fingerprint density at radius 2 is 1.79 bits per heavy atom. The summed E-state index contributed by atoms with van der Waals surface area (Å²) in [5, 5.41) is 6.15. The first-order chi connectivity index (χ1) is 11.7. The third kappa shape index (κ3) is 3.53. The zero-order valence-corrected chi connectivity index (χ0v) is 14.0. The maximum Gasteiger partial charge on any atom is 0.315 e. The Kier molecular flexibility index (Phi) is 5.04. The molecule has 0 unspecified atom stereocenters. The van der Waals surface area contributed by atoms with Crippen molar-refractivity contribution < 1.29 is 9.53 Å². The van der Waals surface area contributed by atoms with Crippen molar-refractivity contribution in [2.75, 3.05) is 13.7 Å². The Morgan fingerprint density at radius 3 is 2.46 bits per heavy atom. The fourth-order valence-electron chi connectivity index (χ4n) is 3.26. The van der Waals surface area contributed by atoms with Gasteiger partial charge in [-0.15, -0.1) is 0 Å². The number of methoxy groups -OCH3 is 1. The molecule has 0 radical (unpaired) electrons. The number of carbonyl (C=O) groups is 1. The van der Waals surface area contributed by atoms with Crippen molar-refractivity contribution in [3.8, 4) is 5.75 Å². The van der Waals surface area contributed by atoms with E-state index < -0.39 is 0 Å². The highest BCUT2D eigenvalue weighted by atomic mass is 16.5. The molecule has 3 rings (SSSR count). The summed E-state index contributed by atoms with van der Waals surface area (Å²) in [5.41, 5.74) is 2.09. The number of amides is 2. The second kappa shape index (κ2) is 7.39. The summed E-state index contributed by atoms with van der Waals surface area (Å²) in [4.78, 5) is 12.3. The van der Waals surface area contributed by atoms with Crippen LogP contribution in [-0.2, 0) is 12.0 Å². The van der Waals surface area contributed by atoms with Crippen LogP contribution in [0.4, 0.5) is 4.79 Å². The Labute approximate surface area is 143 Å². The van der Waals surface area contributed by atoms with E-state index in [1.807, 2.05) is 42.5 Å². The van der Waals surface area contributed by atoms with Gasteiger partial charge in [0.2, 0.25) is 0 Å². The van der Waals surface area contributed by atoms with Crippen LogP contribution in [0, 0.1) is 0 Å². The van der Waals surface area contributed by atoms with Crippen molar-refractivity contribution >= 4 is 6.03 Å². The quantitative estimate of drug-likeness (QED) is 0.853. The van der Waals surface area contributed by atoms with E-state index in [2.05, 4.69) is 22.8 Å². The Hall–Kier alpha value is -2.49. The highest BCUT2D eigenvalue weighted by molar-refractivity contribution is 5.75. The molecule has 24 heavy (non-hydrogen) atoms. The normalized spacial score (nSPS) is 15.2. The molecule has 0 bridgehead atoms. The number of para-hydroxylation sites is 1. The van der Waals surface area contributed by atoms with E-state index in [0.717, 1.165) is 37.0 Å². The van der Waals surface area contributed by atoms with Crippen LogP contribution in [0.3, 0.4) is 0 Å². The van der Waals surface area contributed by atoms with Gasteiger partial charge in [0, 0.05) is 6.54 Å². The van der Waals surface area contributed by atoms with Crippen LogP contribution in [0.1, 0.15) is 30.4 Å². The van der Waals surface area contributed by atoms with E-state index in [-0.39, 0.29) is 11.6 Å². The fraction of sp³-hybridized carbons (Fsp3) is 0.350. The molecule has 2 amide bonds. The highest BCUT2D eigenvalue weighted by Crippen LogP contribution is 2.41. The van der Waals surface area contributed by atoms with Crippen LogP contribution in [0.2, 0.25) is 0 Å². The second-order valence-corrected chi connectivity index (χ2v) is 6.24. The molecule has 0 spiro atoms. The monoisotopic (exact) mass is 324 g/mol. The topological polar surface area (TPSA) is 50.4 Å². The molecular weight excluding hydrogens is 300 g/mol. The van der Waals surface area contributed by atoms with Gasteiger partial charge in [-0.2, -0.15) is 0 Å². The molecule has 0 aromatic heterocycles. The molecule has 0 aliphatic heterocycles. The minimum Gasteiger partial charge on any atom is -0.496 e. The van der Waals surface area contributed by atoms with Crippen LogP contribution in [-0.4, -0.2) is 19.7 Å². The number of urea groups is 1. The summed E-state index contributed by atoms with van der Waals surface area (Å²) in [5.74, 6) is 0.861. The molecule has 1 saturated carbocycles. The van der Waals surface area contributed by atoms with Gasteiger partial charge in [0.05, 0.1) is 12.6 Å². The third-order valence-electron chi connectivity index (χ3n) is 4.76. The fourth-order valence-corrected chi connectivity index (χ4v) is 3.26. The van der Waals surface area contributed by atoms with Crippen LogP contribution in [0.15, 0.2) is 54.6 Å². The Balaban J connectivity index is 1.54. The van der Waals surface area contributed by atoms with E-state index in [1.165, 1.54) is 5.56 Å². The third-order valence-corrected chi connectivity index (χ3v) is 4.76. The largest absolute Gasteiger partial charge is 0.496 e. The molecule has 0 atom stereocenters. The van der Waals surface area contributed by atoms with Crippen molar-refractivity contribution in [2.24, 2.45) is 0 Å². The van der Waals surface area contributed by atoms with Gasteiger partial charge in [0.25, 0.3) is 0 Å². The van der Waals surface area contributed by atoms with Gasteiger partial charge < -0.3 is 15.4 Å². The second-order valence-electron chi connectivity index (χ2n) is 6.24. The van der Waals surface area contributed by atoms with Gasteiger partial charge in [-0.3, -0.25) is 0 Å². The van der Waals surface area contributed by atoms with E-state index >= 15 is 0 Å². The molecule has 2 N–H and O–H groups in total. The van der Waals surface area contributed by atoms with Gasteiger partial charge in [-0.1, -0.05) is 48.5 Å². The summed E-state index contributed by atoms with van der Waals surface area (Å²) in [6, 6.07) is 18.0. The van der Waals surface area contributed by atoms with Crippen molar-refractivity contribution in [2.45, 2.75) is 31.2 Å². The van der Waals surface area contributed by atoms with Crippen molar-refractivity contribution in [1.82, 2.24) is 10.6 Å². The van der Waals surface area contributed by atoms with Crippen LogP contribution >= 0.6 is 0 Å². The predicted octanol–water partition coefficient (Wildman–Crippen LogP) is 3.62. The molecule has 126 valence electrons. The summed E-state index contributed by atoms with van der Waals surface area (Å²) >= 11 is 0. The summed E-state index contributed by atoms with van der Waals surface area (Å²) in [6.07, 6.45) is 3.89. The number of hydrogen-bond donors (Lipinski definition) is 2. The number of carbonyl (C=O) groups excluding carboxylic acids is 1. The van der Waals surface area contributed by atoms with Crippen molar-refractivity contribution in [1.29, 1.82) is 0 Å². The number of benzene rings is 2. The standard InChI is InChI=1S/C20H24N2O2/c1-24-18-11-6-5-8-16(18)12-15-21-19(23)22-20(13-7-14-20)17-9-3-2-4-10-17/h2-6,8-11H,7,12-15H2,1H3,(H2,21,22,23). The Morgan fingerprint density at radius 1 is 1.08 bits per heavy atom. The summed E-state index contributed by atoms with van der Waals surface area (Å²) in [7, 11) is 1.67.